The van der Waals surface area contributed by atoms with Crippen molar-refractivity contribution in [1.29, 1.82) is 0 Å². The van der Waals surface area contributed by atoms with Crippen molar-refractivity contribution in [3.63, 3.8) is 0 Å². The van der Waals surface area contributed by atoms with E-state index in [-0.39, 0.29) is 5.91 Å². The second kappa shape index (κ2) is 6.81. The van der Waals surface area contributed by atoms with E-state index in [0.717, 1.165) is 41.0 Å². The Bertz CT molecular complexity index is 1060. The van der Waals surface area contributed by atoms with Gasteiger partial charge >= 0.3 is 0 Å². The van der Waals surface area contributed by atoms with Gasteiger partial charge < -0.3 is 5.32 Å². The summed E-state index contributed by atoms with van der Waals surface area (Å²) in [5, 5.41) is 8.06. The Morgan fingerprint density at radius 1 is 1.10 bits per heavy atom. The van der Waals surface area contributed by atoms with Gasteiger partial charge in [0.2, 0.25) is 0 Å². The molecule has 0 atom stereocenters. The fourth-order valence-electron chi connectivity index (χ4n) is 4.02. The molecule has 0 spiro atoms. The minimum absolute atomic E-state index is 0.223. The van der Waals surface area contributed by atoms with Gasteiger partial charge in [0.1, 0.15) is 0 Å². The summed E-state index contributed by atoms with van der Waals surface area (Å²) in [6, 6.07) is 8.54. The summed E-state index contributed by atoms with van der Waals surface area (Å²) >= 11 is 0. The predicted molar refractivity (Wildman–Crippen MR) is 112 cm³/mol. The van der Waals surface area contributed by atoms with Crippen LogP contribution in [-0.4, -0.2) is 31.7 Å². The van der Waals surface area contributed by atoms with E-state index >= 15 is 0 Å². The van der Waals surface area contributed by atoms with Crippen molar-refractivity contribution in [2.24, 2.45) is 0 Å². The Balaban J connectivity index is 1.69. The highest BCUT2D eigenvalue weighted by Gasteiger charge is 2.39. The van der Waals surface area contributed by atoms with Crippen LogP contribution >= 0.6 is 0 Å². The Morgan fingerprint density at radius 3 is 2.28 bits per heavy atom. The van der Waals surface area contributed by atoms with E-state index in [0.29, 0.717) is 12.5 Å². The monoisotopic (exact) mass is 383 g/mol. The average Bonchev–Trinajstić information content (AvgIpc) is 3.54. The summed E-state index contributed by atoms with van der Waals surface area (Å²) in [5.41, 5.74) is 3.64. The Morgan fingerprint density at radius 2 is 1.72 bits per heavy atom. The number of allylic oxidation sites excluding steroid dienone is 2. The molecule has 5 rings (SSSR count). The van der Waals surface area contributed by atoms with Crippen molar-refractivity contribution in [2.45, 2.75) is 30.7 Å². The zero-order valence-corrected chi connectivity index (χ0v) is 16.0. The van der Waals surface area contributed by atoms with Gasteiger partial charge in [0.25, 0.3) is 5.91 Å². The number of hydrogen-bond acceptors (Lipinski definition) is 5. The van der Waals surface area contributed by atoms with Crippen LogP contribution in [0.4, 0.5) is 5.82 Å². The van der Waals surface area contributed by atoms with Crippen LogP contribution in [0, 0.1) is 0 Å². The fourth-order valence-corrected chi connectivity index (χ4v) is 4.02. The average molecular weight is 383 g/mol. The lowest BCUT2D eigenvalue weighted by Crippen LogP contribution is -2.32. The molecule has 1 fully saturated rings. The molecule has 6 heteroatoms. The summed E-state index contributed by atoms with van der Waals surface area (Å²) in [4.78, 5) is 21.0. The molecule has 1 saturated carbocycles. The highest BCUT2D eigenvalue weighted by molar-refractivity contribution is 5.91. The van der Waals surface area contributed by atoms with Gasteiger partial charge in [-0.3, -0.25) is 14.8 Å². The number of pyridine rings is 2. The summed E-state index contributed by atoms with van der Waals surface area (Å²) in [5.74, 6) is 0.547. The standard InChI is InChI=1S/C23H21N5O/c1-2-21(29)28-20-15-23(16-6-11-24-12-7-16,17-8-13-25-14-9-17)10-5-19(20)22(27-28)26-18-3-4-18/h2,5-14,18H,1,3-4,15H2,(H,26,27). The van der Waals surface area contributed by atoms with E-state index in [1.807, 2.05) is 24.3 Å². The van der Waals surface area contributed by atoms with Crippen LogP contribution in [0.5, 0.6) is 0 Å². The molecule has 1 N–H and O–H groups in total. The third-order valence-corrected chi connectivity index (χ3v) is 5.69. The zero-order chi connectivity index (χ0) is 19.8. The maximum absolute atomic E-state index is 12.6. The quantitative estimate of drug-likeness (QED) is 0.681. The topological polar surface area (TPSA) is 72.7 Å². The van der Waals surface area contributed by atoms with Crippen LogP contribution in [0.3, 0.4) is 0 Å². The van der Waals surface area contributed by atoms with Crippen LogP contribution in [0.2, 0.25) is 0 Å². The van der Waals surface area contributed by atoms with E-state index in [2.05, 4.69) is 39.1 Å². The summed E-state index contributed by atoms with van der Waals surface area (Å²) < 4.78 is 1.49. The normalized spacial score (nSPS) is 16.8. The first kappa shape index (κ1) is 17.6. The zero-order valence-electron chi connectivity index (χ0n) is 16.0. The molecule has 0 radical (unpaired) electrons. The lowest BCUT2D eigenvalue weighted by atomic mass is 9.69. The summed E-state index contributed by atoms with van der Waals surface area (Å²) in [6.07, 6.45) is 15.7. The first-order chi connectivity index (χ1) is 14.2. The SMILES string of the molecule is C=CC(=O)n1nc(NC2CC2)c2c1CC(c1ccncc1)(c1ccncc1)C=C2. The number of aromatic nitrogens is 4. The smallest absolute Gasteiger partial charge is 0.270 e. The third kappa shape index (κ3) is 2.97. The van der Waals surface area contributed by atoms with Crippen molar-refractivity contribution in [1.82, 2.24) is 19.7 Å². The van der Waals surface area contributed by atoms with Crippen molar-refractivity contribution < 1.29 is 4.79 Å². The molecule has 0 aliphatic heterocycles. The van der Waals surface area contributed by atoms with Crippen LogP contribution in [0.1, 0.15) is 40.0 Å². The minimum Gasteiger partial charge on any atom is -0.365 e. The largest absolute Gasteiger partial charge is 0.365 e. The van der Waals surface area contributed by atoms with Gasteiger partial charge in [0.15, 0.2) is 5.82 Å². The molecule has 0 saturated heterocycles. The number of anilines is 1. The molecule has 3 aromatic heterocycles. The number of carbonyl (C=O) groups is 1. The molecule has 29 heavy (non-hydrogen) atoms. The first-order valence-corrected chi connectivity index (χ1v) is 9.77. The van der Waals surface area contributed by atoms with Crippen molar-refractivity contribution in [3.8, 4) is 0 Å². The van der Waals surface area contributed by atoms with Gasteiger partial charge in [0.05, 0.1) is 5.69 Å². The van der Waals surface area contributed by atoms with Crippen LogP contribution in [0.15, 0.2) is 67.8 Å². The van der Waals surface area contributed by atoms with E-state index in [4.69, 9.17) is 0 Å². The molecule has 0 unspecified atom stereocenters. The third-order valence-electron chi connectivity index (χ3n) is 5.69. The molecular formula is C23H21N5O. The molecule has 3 aromatic rings. The number of carbonyl (C=O) groups excluding carboxylic acids is 1. The van der Waals surface area contributed by atoms with Crippen molar-refractivity contribution in [3.05, 3.63) is 90.2 Å². The highest BCUT2D eigenvalue weighted by Crippen LogP contribution is 2.43. The van der Waals surface area contributed by atoms with Gasteiger partial charge in [-0.2, -0.15) is 4.68 Å². The highest BCUT2D eigenvalue weighted by atomic mass is 16.2. The van der Waals surface area contributed by atoms with Crippen LogP contribution in [-0.2, 0) is 11.8 Å². The summed E-state index contributed by atoms with van der Waals surface area (Å²) in [6.45, 7) is 3.66. The molecule has 3 heterocycles. The predicted octanol–water partition coefficient (Wildman–Crippen LogP) is 3.63. The molecule has 0 amide bonds. The van der Waals surface area contributed by atoms with E-state index in [1.54, 1.807) is 24.8 Å². The molecule has 2 aliphatic carbocycles. The van der Waals surface area contributed by atoms with E-state index in [1.165, 1.54) is 10.8 Å². The molecule has 6 nitrogen and oxygen atoms in total. The Kier molecular flexibility index (Phi) is 4.12. The molecule has 0 aromatic carbocycles. The second-order valence-corrected chi connectivity index (χ2v) is 7.53. The second-order valence-electron chi connectivity index (χ2n) is 7.53. The van der Waals surface area contributed by atoms with Gasteiger partial charge in [0, 0.05) is 48.2 Å². The van der Waals surface area contributed by atoms with Gasteiger partial charge in [-0.1, -0.05) is 18.7 Å². The number of nitrogens with one attached hydrogen (secondary N) is 1. The number of hydrogen-bond donors (Lipinski definition) is 1. The maximum atomic E-state index is 12.6. The molecular weight excluding hydrogens is 362 g/mol. The maximum Gasteiger partial charge on any atom is 0.270 e. The Labute approximate surface area is 169 Å². The van der Waals surface area contributed by atoms with Crippen LogP contribution in [0.25, 0.3) is 6.08 Å². The van der Waals surface area contributed by atoms with Gasteiger partial charge in [-0.15, -0.1) is 5.10 Å². The first-order valence-electron chi connectivity index (χ1n) is 9.77. The van der Waals surface area contributed by atoms with Gasteiger partial charge in [-0.05, 0) is 54.3 Å². The van der Waals surface area contributed by atoms with Crippen LogP contribution < -0.4 is 5.32 Å². The molecule has 2 aliphatic rings. The Hall–Kier alpha value is -3.54. The lowest BCUT2D eigenvalue weighted by molar-refractivity contribution is 0.0950. The van der Waals surface area contributed by atoms with E-state index < -0.39 is 5.41 Å². The summed E-state index contributed by atoms with van der Waals surface area (Å²) in [7, 11) is 0. The van der Waals surface area contributed by atoms with Crippen molar-refractivity contribution in [2.75, 3.05) is 5.32 Å². The van der Waals surface area contributed by atoms with E-state index in [9.17, 15) is 4.79 Å². The number of fused-ring (bicyclic) bond motifs is 1. The number of nitrogens with zero attached hydrogens (tertiary/aromatic N) is 4. The van der Waals surface area contributed by atoms with Gasteiger partial charge in [-0.25, -0.2) is 0 Å². The molecule has 0 bridgehead atoms. The lowest BCUT2D eigenvalue weighted by Gasteiger charge is -2.34. The molecule has 144 valence electrons. The number of rotatable bonds is 5. The fraction of sp³-hybridized carbons (Fsp3) is 0.217. The minimum atomic E-state index is -0.436. The van der Waals surface area contributed by atoms with Crippen molar-refractivity contribution >= 4 is 17.8 Å².